The van der Waals surface area contributed by atoms with E-state index in [1.54, 1.807) is 12.3 Å². The van der Waals surface area contributed by atoms with Crippen LogP contribution in [0.15, 0.2) is 24.4 Å². The lowest BCUT2D eigenvalue weighted by Gasteiger charge is -2.05. The van der Waals surface area contributed by atoms with Gasteiger partial charge in [0.05, 0.1) is 16.1 Å². The lowest BCUT2D eigenvalue weighted by Crippen LogP contribution is -1.97. The van der Waals surface area contributed by atoms with E-state index in [4.69, 9.17) is 11.6 Å². The standard InChI is InChI=1S/C12H10ClNO.C2H6/c1-7-5-9-3-4-10(13)11(8(2)15)12(9)14-6-7;1-2/h3-6H,1-2H3;1-2H3. The molecular weight excluding hydrogens is 234 g/mol. The zero-order valence-corrected chi connectivity index (χ0v) is 11.3. The Balaban J connectivity index is 0.000000686. The van der Waals surface area contributed by atoms with Gasteiger partial charge >= 0.3 is 0 Å². The fourth-order valence-electron chi connectivity index (χ4n) is 1.62. The molecule has 2 aromatic rings. The average Bonchev–Trinajstić information content (AvgIpc) is 2.31. The van der Waals surface area contributed by atoms with Crippen LogP contribution in [0.2, 0.25) is 5.02 Å². The number of nitrogens with zero attached hydrogens (tertiary/aromatic N) is 1. The second kappa shape index (κ2) is 5.78. The third kappa shape index (κ3) is 2.83. The van der Waals surface area contributed by atoms with Crippen LogP contribution in [-0.4, -0.2) is 10.8 Å². The van der Waals surface area contributed by atoms with Crippen LogP contribution in [0, 0.1) is 6.92 Å². The van der Waals surface area contributed by atoms with Crippen molar-refractivity contribution in [3.05, 3.63) is 40.5 Å². The first kappa shape index (κ1) is 13.7. The highest BCUT2D eigenvalue weighted by Crippen LogP contribution is 2.25. The van der Waals surface area contributed by atoms with Crippen molar-refractivity contribution in [3.63, 3.8) is 0 Å². The lowest BCUT2D eigenvalue weighted by atomic mass is 10.1. The van der Waals surface area contributed by atoms with Crippen molar-refractivity contribution in [3.8, 4) is 0 Å². The number of pyridine rings is 1. The van der Waals surface area contributed by atoms with Gasteiger partial charge in [-0.05, 0) is 31.5 Å². The lowest BCUT2D eigenvalue weighted by molar-refractivity contribution is 0.101. The van der Waals surface area contributed by atoms with Crippen LogP contribution in [0.1, 0.15) is 36.7 Å². The fraction of sp³-hybridized carbons (Fsp3) is 0.286. The summed E-state index contributed by atoms with van der Waals surface area (Å²) >= 11 is 5.98. The monoisotopic (exact) mass is 249 g/mol. The second-order valence-electron chi connectivity index (χ2n) is 3.56. The van der Waals surface area contributed by atoms with E-state index in [9.17, 15) is 4.79 Å². The molecule has 0 bridgehead atoms. The normalized spacial score (nSPS) is 9.71. The molecule has 0 aliphatic rings. The van der Waals surface area contributed by atoms with Crippen molar-refractivity contribution in [1.82, 2.24) is 4.98 Å². The molecule has 0 N–H and O–H groups in total. The van der Waals surface area contributed by atoms with E-state index >= 15 is 0 Å². The number of benzene rings is 1. The summed E-state index contributed by atoms with van der Waals surface area (Å²) < 4.78 is 0. The maximum Gasteiger partial charge on any atom is 0.163 e. The minimum Gasteiger partial charge on any atom is -0.294 e. The molecule has 0 amide bonds. The molecule has 0 saturated carbocycles. The van der Waals surface area contributed by atoms with E-state index in [0.717, 1.165) is 10.9 Å². The minimum atomic E-state index is -0.0537. The first-order valence-corrected chi connectivity index (χ1v) is 6.03. The van der Waals surface area contributed by atoms with Crippen molar-refractivity contribution in [1.29, 1.82) is 0 Å². The number of rotatable bonds is 1. The van der Waals surface area contributed by atoms with Gasteiger partial charge in [0.15, 0.2) is 5.78 Å². The zero-order valence-electron chi connectivity index (χ0n) is 10.5. The molecule has 0 radical (unpaired) electrons. The summed E-state index contributed by atoms with van der Waals surface area (Å²) in [7, 11) is 0. The Labute approximate surface area is 107 Å². The molecule has 0 aliphatic carbocycles. The number of carbonyl (C=O) groups is 1. The Morgan fingerprint density at radius 1 is 1.29 bits per heavy atom. The SMILES string of the molecule is CC.CC(=O)c1c(Cl)ccc2cc(C)cnc12. The molecule has 2 nitrogen and oxygen atoms in total. The zero-order chi connectivity index (χ0) is 13.0. The van der Waals surface area contributed by atoms with E-state index in [1.165, 1.54) is 6.92 Å². The summed E-state index contributed by atoms with van der Waals surface area (Å²) in [4.78, 5) is 15.7. The third-order valence-electron chi connectivity index (χ3n) is 2.29. The Morgan fingerprint density at radius 2 is 1.94 bits per heavy atom. The summed E-state index contributed by atoms with van der Waals surface area (Å²) in [6.45, 7) is 7.47. The highest BCUT2D eigenvalue weighted by atomic mass is 35.5. The summed E-state index contributed by atoms with van der Waals surface area (Å²) in [5, 5.41) is 1.41. The number of fused-ring (bicyclic) bond motifs is 1. The van der Waals surface area contributed by atoms with Crippen LogP contribution in [0.4, 0.5) is 0 Å². The third-order valence-corrected chi connectivity index (χ3v) is 2.61. The van der Waals surface area contributed by atoms with Gasteiger partial charge in [0.1, 0.15) is 0 Å². The molecule has 3 heteroatoms. The minimum absolute atomic E-state index is 0.0537. The number of ketones is 1. The van der Waals surface area contributed by atoms with Crippen LogP contribution in [0.3, 0.4) is 0 Å². The van der Waals surface area contributed by atoms with Gasteiger partial charge in [-0.2, -0.15) is 0 Å². The summed E-state index contributed by atoms with van der Waals surface area (Å²) in [5.41, 5.74) is 2.26. The van der Waals surface area contributed by atoms with Crippen molar-refractivity contribution in [2.24, 2.45) is 0 Å². The van der Waals surface area contributed by atoms with E-state index in [2.05, 4.69) is 4.98 Å². The fourth-order valence-corrected chi connectivity index (χ4v) is 1.91. The molecule has 0 aliphatic heterocycles. The molecule has 0 unspecified atom stereocenters. The quantitative estimate of drug-likeness (QED) is 0.700. The topological polar surface area (TPSA) is 30.0 Å². The van der Waals surface area contributed by atoms with Crippen LogP contribution in [0.25, 0.3) is 10.9 Å². The molecule has 0 fully saturated rings. The molecule has 0 atom stereocenters. The predicted octanol–water partition coefficient (Wildman–Crippen LogP) is 4.43. The Morgan fingerprint density at radius 3 is 2.53 bits per heavy atom. The van der Waals surface area contributed by atoms with E-state index in [1.807, 2.05) is 32.9 Å². The number of halogens is 1. The number of hydrogen-bond acceptors (Lipinski definition) is 2. The highest BCUT2D eigenvalue weighted by Gasteiger charge is 2.11. The predicted molar refractivity (Wildman–Crippen MR) is 72.8 cm³/mol. The van der Waals surface area contributed by atoms with Crippen molar-refractivity contribution < 1.29 is 4.79 Å². The van der Waals surface area contributed by atoms with Gasteiger partial charge < -0.3 is 0 Å². The van der Waals surface area contributed by atoms with Gasteiger partial charge in [-0.3, -0.25) is 9.78 Å². The maximum atomic E-state index is 11.4. The van der Waals surface area contributed by atoms with E-state index in [-0.39, 0.29) is 5.78 Å². The van der Waals surface area contributed by atoms with Crippen molar-refractivity contribution in [2.45, 2.75) is 27.7 Å². The Kier molecular flexibility index (Phi) is 4.64. The molecule has 0 spiro atoms. The van der Waals surface area contributed by atoms with Crippen LogP contribution < -0.4 is 0 Å². The van der Waals surface area contributed by atoms with Crippen LogP contribution in [0.5, 0.6) is 0 Å². The molecular formula is C14H16ClNO. The number of carbonyl (C=O) groups excluding carboxylic acids is 1. The Bertz CT molecular complexity index is 549. The van der Waals surface area contributed by atoms with Gasteiger partial charge in [0.25, 0.3) is 0 Å². The van der Waals surface area contributed by atoms with E-state index in [0.29, 0.717) is 16.1 Å². The van der Waals surface area contributed by atoms with Gasteiger partial charge in [-0.25, -0.2) is 0 Å². The van der Waals surface area contributed by atoms with E-state index < -0.39 is 0 Å². The Hall–Kier alpha value is -1.41. The molecule has 17 heavy (non-hydrogen) atoms. The number of Topliss-reactive ketones (excluding diaryl/α,β-unsaturated/α-hetero) is 1. The van der Waals surface area contributed by atoms with Crippen LogP contribution in [-0.2, 0) is 0 Å². The van der Waals surface area contributed by atoms with Gasteiger partial charge in [0, 0.05) is 11.6 Å². The van der Waals surface area contributed by atoms with Crippen LogP contribution >= 0.6 is 11.6 Å². The number of hydrogen-bond donors (Lipinski definition) is 0. The highest BCUT2D eigenvalue weighted by molar-refractivity contribution is 6.35. The van der Waals surface area contributed by atoms with Crippen molar-refractivity contribution in [2.75, 3.05) is 0 Å². The molecule has 1 aromatic heterocycles. The second-order valence-corrected chi connectivity index (χ2v) is 3.97. The molecule has 1 aromatic carbocycles. The summed E-state index contributed by atoms with van der Waals surface area (Å²) in [6, 6.07) is 5.61. The van der Waals surface area contributed by atoms with Gasteiger partial charge in [-0.15, -0.1) is 0 Å². The molecule has 90 valence electrons. The number of aryl methyl sites for hydroxylation is 1. The van der Waals surface area contributed by atoms with Gasteiger partial charge in [-0.1, -0.05) is 31.5 Å². The smallest absolute Gasteiger partial charge is 0.163 e. The van der Waals surface area contributed by atoms with Gasteiger partial charge in [0.2, 0.25) is 0 Å². The molecule has 2 rings (SSSR count). The number of aromatic nitrogens is 1. The molecule has 0 saturated heterocycles. The summed E-state index contributed by atoms with van der Waals surface area (Å²) in [5.74, 6) is -0.0537. The average molecular weight is 250 g/mol. The van der Waals surface area contributed by atoms with Crippen molar-refractivity contribution >= 4 is 28.3 Å². The largest absolute Gasteiger partial charge is 0.294 e. The summed E-state index contributed by atoms with van der Waals surface area (Å²) in [6.07, 6.45) is 1.74. The first-order chi connectivity index (χ1) is 8.09. The maximum absolute atomic E-state index is 11.4. The molecule has 1 heterocycles. The first-order valence-electron chi connectivity index (χ1n) is 5.65.